The van der Waals surface area contributed by atoms with Gasteiger partial charge in [0, 0.05) is 29.1 Å². The van der Waals surface area contributed by atoms with Crippen molar-refractivity contribution >= 4 is 50.7 Å². The zero-order valence-electron chi connectivity index (χ0n) is 26.0. The third-order valence-corrected chi connectivity index (χ3v) is 10.5. The summed E-state index contributed by atoms with van der Waals surface area (Å²) in [6, 6.07) is 27.9. The molecule has 1 saturated carbocycles. The highest BCUT2D eigenvalue weighted by molar-refractivity contribution is 7.92. The number of hydrogen-bond acceptors (Lipinski definition) is 5. The first-order valence-electron chi connectivity index (χ1n) is 15.4. The van der Waals surface area contributed by atoms with E-state index in [2.05, 4.69) is 5.32 Å². The molecular weight excluding hydrogens is 657 g/mol. The second-order valence-corrected chi connectivity index (χ2v) is 14.2. The van der Waals surface area contributed by atoms with Gasteiger partial charge < -0.3 is 15.0 Å². The van der Waals surface area contributed by atoms with Crippen LogP contribution in [-0.4, -0.2) is 50.9 Å². The van der Waals surface area contributed by atoms with Gasteiger partial charge in [-0.15, -0.1) is 0 Å². The first-order chi connectivity index (χ1) is 22.6. The van der Waals surface area contributed by atoms with Crippen LogP contribution in [0.1, 0.15) is 36.8 Å². The number of nitrogens with zero attached hydrogens (tertiary/aromatic N) is 2. The lowest BCUT2D eigenvalue weighted by Gasteiger charge is -2.34. The van der Waals surface area contributed by atoms with E-state index in [1.54, 1.807) is 54.6 Å². The number of ether oxygens (including phenoxy) is 1. The molecule has 1 atom stereocenters. The van der Waals surface area contributed by atoms with Crippen LogP contribution < -0.4 is 14.4 Å². The second-order valence-electron chi connectivity index (χ2n) is 11.5. The fourth-order valence-electron chi connectivity index (χ4n) is 5.74. The summed E-state index contributed by atoms with van der Waals surface area (Å²) < 4.78 is 34.6. The van der Waals surface area contributed by atoms with Crippen LogP contribution in [0.25, 0.3) is 0 Å². The average Bonchev–Trinajstić information content (AvgIpc) is 3.59. The summed E-state index contributed by atoms with van der Waals surface area (Å²) in [5, 5.41) is 4.01. The number of anilines is 1. The fourth-order valence-corrected chi connectivity index (χ4v) is 7.46. The molecule has 8 nitrogen and oxygen atoms in total. The maximum atomic E-state index is 14.6. The Bertz CT molecular complexity index is 1760. The monoisotopic (exact) mass is 693 g/mol. The largest absolute Gasteiger partial charge is 0.497 e. The van der Waals surface area contributed by atoms with Crippen LogP contribution in [0.2, 0.25) is 10.0 Å². The smallest absolute Gasteiger partial charge is 0.264 e. The molecule has 47 heavy (non-hydrogen) atoms. The van der Waals surface area contributed by atoms with Gasteiger partial charge in [0.05, 0.1) is 17.7 Å². The quantitative estimate of drug-likeness (QED) is 0.164. The molecule has 1 fully saturated rings. The molecule has 1 N–H and O–H groups in total. The Morgan fingerprint density at radius 1 is 0.851 bits per heavy atom. The van der Waals surface area contributed by atoms with Crippen molar-refractivity contribution in [3.8, 4) is 5.75 Å². The van der Waals surface area contributed by atoms with E-state index in [0.717, 1.165) is 41.1 Å². The van der Waals surface area contributed by atoms with Crippen molar-refractivity contribution in [1.82, 2.24) is 10.2 Å². The van der Waals surface area contributed by atoms with Crippen LogP contribution in [0.3, 0.4) is 0 Å². The highest BCUT2D eigenvalue weighted by Gasteiger charge is 2.35. The summed E-state index contributed by atoms with van der Waals surface area (Å²) >= 11 is 12.5. The molecule has 1 aliphatic carbocycles. The van der Waals surface area contributed by atoms with Gasteiger partial charge in [0.15, 0.2) is 0 Å². The topological polar surface area (TPSA) is 96.0 Å². The molecule has 0 saturated heterocycles. The molecule has 11 heteroatoms. The van der Waals surface area contributed by atoms with Gasteiger partial charge in [-0.2, -0.15) is 0 Å². The van der Waals surface area contributed by atoms with Gasteiger partial charge in [0.25, 0.3) is 10.0 Å². The molecule has 4 aromatic rings. The van der Waals surface area contributed by atoms with Gasteiger partial charge >= 0.3 is 0 Å². The van der Waals surface area contributed by atoms with Crippen molar-refractivity contribution in [2.75, 3.05) is 18.0 Å². The summed E-state index contributed by atoms with van der Waals surface area (Å²) in [6.45, 7) is -0.526. The van der Waals surface area contributed by atoms with Gasteiger partial charge in [0.2, 0.25) is 11.8 Å². The molecular formula is C36H37Cl2N3O5S. The summed E-state index contributed by atoms with van der Waals surface area (Å²) in [5.74, 6) is -0.351. The number of nitrogens with one attached hydrogen (secondary N) is 1. The van der Waals surface area contributed by atoms with Crippen LogP contribution in [0.15, 0.2) is 108 Å². The highest BCUT2D eigenvalue weighted by Crippen LogP contribution is 2.28. The number of sulfonamides is 1. The van der Waals surface area contributed by atoms with Crippen molar-refractivity contribution < 1.29 is 22.7 Å². The van der Waals surface area contributed by atoms with Crippen LogP contribution >= 0.6 is 23.2 Å². The van der Waals surface area contributed by atoms with Crippen molar-refractivity contribution in [2.24, 2.45) is 0 Å². The Hall–Kier alpha value is -4.05. The SMILES string of the molecule is COc1ccc(S(=O)(=O)N(CC(=O)N(Cc2ccc(Cl)cc2)[C@@H](Cc2ccccc2)C(=O)NC2CCCC2)c2cccc(Cl)c2)cc1. The standard InChI is InChI=1S/C36H37Cl2N3O5S/c1-46-32-18-20-33(21-19-32)47(44,45)41(31-13-7-10-29(38)23-31)25-35(42)40(24-27-14-16-28(37)17-15-27)34(22-26-8-3-2-4-9-26)36(43)39-30-11-5-6-12-30/h2-4,7-10,13-21,23,30,34H,5-6,11-12,22,24-25H2,1H3,(H,39,43)/t34-/m0/s1. The Labute approximate surface area is 286 Å². The predicted molar refractivity (Wildman–Crippen MR) is 185 cm³/mol. The lowest BCUT2D eigenvalue weighted by molar-refractivity contribution is -0.140. The minimum atomic E-state index is -4.27. The van der Waals surface area contributed by atoms with E-state index in [1.165, 1.54) is 30.2 Å². The predicted octanol–water partition coefficient (Wildman–Crippen LogP) is 6.90. The van der Waals surface area contributed by atoms with E-state index >= 15 is 0 Å². The minimum absolute atomic E-state index is 0.0201. The number of benzene rings is 4. The number of rotatable bonds is 13. The molecule has 2 amide bonds. The van der Waals surface area contributed by atoms with Crippen LogP contribution in [0.5, 0.6) is 5.75 Å². The van der Waals surface area contributed by atoms with E-state index in [1.807, 2.05) is 30.3 Å². The van der Waals surface area contributed by atoms with Crippen molar-refractivity contribution in [1.29, 1.82) is 0 Å². The molecule has 1 aliphatic rings. The van der Waals surface area contributed by atoms with Crippen molar-refractivity contribution in [3.05, 3.63) is 124 Å². The molecule has 246 valence electrons. The lowest BCUT2D eigenvalue weighted by atomic mass is 10.0. The van der Waals surface area contributed by atoms with E-state index in [4.69, 9.17) is 27.9 Å². The number of amides is 2. The Balaban J connectivity index is 1.56. The van der Waals surface area contributed by atoms with Gasteiger partial charge in [-0.3, -0.25) is 13.9 Å². The molecule has 0 unspecified atom stereocenters. The van der Waals surface area contributed by atoms with Gasteiger partial charge in [-0.25, -0.2) is 8.42 Å². The van der Waals surface area contributed by atoms with E-state index < -0.39 is 28.5 Å². The molecule has 4 aromatic carbocycles. The third kappa shape index (κ3) is 8.86. The Morgan fingerprint density at radius 3 is 2.17 bits per heavy atom. The average molecular weight is 695 g/mol. The molecule has 0 radical (unpaired) electrons. The molecule has 5 rings (SSSR count). The first kappa shape index (κ1) is 34.3. The third-order valence-electron chi connectivity index (χ3n) is 8.26. The number of carbonyl (C=O) groups excluding carboxylic acids is 2. The maximum Gasteiger partial charge on any atom is 0.264 e. The first-order valence-corrected chi connectivity index (χ1v) is 17.6. The minimum Gasteiger partial charge on any atom is -0.497 e. The number of methoxy groups -OCH3 is 1. The molecule has 0 spiro atoms. The van der Waals surface area contributed by atoms with Gasteiger partial charge in [-0.1, -0.05) is 84.6 Å². The molecule has 0 aliphatic heterocycles. The Morgan fingerprint density at radius 2 is 1.53 bits per heavy atom. The second kappa shape index (κ2) is 15.7. The van der Waals surface area contributed by atoms with Crippen LogP contribution in [0.4, 0.5) is 5.69 Å². The van der Waals surface area contributed by atoms with Crippen molar-refractivity contribution in [2.45, 2.75) is 55.6 Å². The molecule has 0 heterocycles. The fraction of sp³-hybridized carbons (Fsp3) is 0.278. The zero-order chi connectivity index (χ0) is 33.4. The highest BCUT2D eigenvalue weighted by atomic mass is 35.5. The van der Waals surface area contributed by atoms with Crippen molar-refractivity contribution in [3.63, 3.8) is 0 Å². The van der Waals surface area contributed by atoms with E-state index in [9.17, 15) is 18.0 Å². The summed E-state index contributed by atoms with van der Waals surface area (Å²) in [7, 11) is -2.78. The molecule has 0 aromatic heterocycles. The number of halogens is 2. The van der Waals surface area contributed by atoms with Crippen LogP contribution in [0, 0.1) is 0 Å². The maximum absolute atomic E-state index is 14.6. The number of hydrogen-bond donors (Lipinski definition) is 1. The summed E-state index contributed by atoms with van der Waals surface area (Å²) in [6.07, 6.45) is 4.04. The normalized spacial score (nSPS) is 13.9. The van der Waals surface area contributed by atoms with Crippen LogP contribution in [-0.2, 0) is 32.6 Å². The summed E-state index contributed by atoms with van der Waals surface area (Å²) in [5.41, 5.74) is 1.82. The van der Waals surface area contributed by atoms with Gasteiger partial charge in [0.1, 0.15) is 18.3 Å². The van der Waals surface area contributed by atoms with E-state index in [-0.39, 0.29) is 35.5 Å². The zero-order valence-corrected chi connectivity index (χ0v) is 28.3. The lowest BCUT2D eigenvalue weighted by Crippen LogP contribution is -2.54. The van der Waals surface area contributed by atoms with E-state index in [0.29, 0.717) is 15.8 Å². The number of carbonyl (C=O) groups is 2. The summed E-state index contributed by atoms with van der Waals surface area (Å²) in [4.78, 5) is 30.1. The van der Waals surface area contributed by atoms with Gasteiger partial charge in [-0.05, 0) is 78.6 Å². The Kier molecular flexibility index (Phi) is 11.4. The molecule has 0 bridgehead atoms.